The lowest BCUT2D eigenvalue weighted by atomic mass is 10.3. The Balaban J connectivity index is 0.00000118. The van der Waals surface area contributed by atoms with Gasteiger partial charge in [0.1, 0.15) is 0 Å². The zero-order valence-electron chi connectivity index (χ0n) is 12.8. The van der Waals surface area contributed by atoms with Gasteiger partial charge in [-0.25, -0.2) is 9.59 Å². The molecule has 1 aromatic rings. The molecule has 0 aliphatic heterocycles. The molecule has 1 heterocycles. The van der Waals surface area contributed by atoms with Crippen molar-refractivity contribution in [2.45, 2.75) is 25.6 Å². The molecule has 24 heavy (non-hydrogen) atoms. The molecule has 13 nitrogen and oxygen atoms in total. The second-order valence-corrected chi connectivity index (χ2v) is 4.35. The first kappa shape index (κ1) is 21.2. The van der Waals surface area contributed by atoms with E-state index in [1.165, 1.54) is 6.92 Å². The number of aliphatic hydroxyl groups is 2. The number of carbonyl (C=O) groups excluding carboxylic acids is 2. The molecule has 0 saturated heterocycles. The third-order valence-corrected chi connectivity index (χ3v) is 2.20. The van der Waals surface area contributed by atoms with Gasteiger partial charge in [0.25, 0.3) is 0 Å². The maximum Gasteiger partial charge on any atom is 0.328 e. The number of rotatable bonds is 7. The minimum atomic E-state index is -1.41. The van der Waals surface area contributed by atoms with Gasteiger partial charge in [-0.2, -0.15) is 4.98 Å². The van der Waals surface area contributed by atoms with E-state index in [-0.39, 0.29) is 30.8 Å². The Hall–Kier alpha value is -2.77. The van der Waals surface area contributed by atoms with E-state index >= 15 is 0 Å². The SMILES string of the molecule is CC(N)=O.NC(CO)c1noc(CNC(=O)NC(CO)C(=O)O)n1. The number of aromatic nitrogens is 2. The van der Waals surface area contributed by atoms with Crippen molar-refractivity contribution in [1.82, 2.24) is 20.8 Å². The Kier molecular flexibility index (Phi) is 9.62. The first-order chi connectivity index (χ1) is 11.2. The second-order valence-electron chi connectivity index (χ2n) is 4.35. The van der Waals surface area contributed by atoms with Gasteiger partial charge in [-0.15, -0.1) is 0 Å². The van der Waals surface area contributed by atoms with Crippen LogP contribution in [0.1, 0.15) is 24.7 Å². The molecular weight excluding hydrogens is 328 g/mol. The van der Waals surface area contributed by atoms with Crippen LogP contribution >= 0.6 is 0 Å². The monoisotopic (exact) mass is 348 g/mol. The number of primary amides is 1. The average molecular weight is 348 g/mol. The first-order valence-corrected chi connectivity index (χ1v) is 6.54. The first-order valence-electron chi connectivity index (χ1n) is 6.54. The van der Waals surface area contributed by atoms with Crippen LogP contribution in [0.4, 0.5) is 4.79 Å². The molecule has 2 atom stereocenters. The molecule has 13 heteroatoms. The number of hydrogen-bond acceptors (Lipinski definition) is 9. The summed E-state index contributed by atoms with van der Waals surface area (Å²) < 4.78 is 4.76. The van der Waals surface area contributed by atoms with Crippen LogP contribution in [0.25, 0.3) is 0 Å². The van der Waals surface area contributed by atoms with Gasteiger partial charge in [0.15, 0.2) is 11.9 Å². The lowest BCUT2D eigenvalue weighted by molar-refractivity contribution is -0.140. The van der Waals surface area contributed by atoms with Crippen LogP contribution in [-0.2, 0) is 16.1 Å². The van der Waals surface area contributed by atoms with Crippen molar-refractivity contribution in [3.05, 3.63) is 11.7 Å². The van der Waals surface area contributed by atoms with Crippen LogP contribution in [0.2, 0.25) is 0 Å². The summed E-state index contributed by atoms with van der Waals surface area (Å²) in [5, 5.41) is 33.9. The quantitative estimate of drug-likeness (QED) is 0.261. The predicted octanol–water partition coefficient (Wildman–Crippen LogP) is -3.20. The molecule has 0 aromatic carbocycles. The molecule has 3 amide bonds. The summed E-state index contributed by atoms with van der Waals surface area (Å²) in [7, 11) is 0. The minimum Gasteiger partial charge on any atom is -0.480 e. The third-order valence-electron chi connectivity index (χ3n) is 2.20. The van der Waals surface area contributed by atoms with Crippen LogP contribution in [0.15, 0.2) is 4.52 Å². The highest BCUT2D eigenvalue weighted by atomic mass is 16.5. The highest BCUT2D eigenvalue weighted by molar-refractivity contribution is 5.82. The molecule has 0 aliphatic rings. The van der Waals surface area contributed by atoms with Gasteiger partial charge in [-0.3, -0.25) is 4.79 Å². The maximum absolute atomic E-state index is 11.3. The van der Waals surface area contributed by atoms with Crippen LogP contribution in [0.5, 0.6) is 0 Å². The predicted molar refractivity (Wildman–Crippen MR) is 77.1 cm³/mol. The van der Waals surface area contributed by atoms with Crippen molar-refractivity contribution in [3.8, 4) is 0 Å². The van der Waals surface area contributed by atoms with E-state index in [1.807, 2.05) is 5.32 Å². The minimum absolute atomic E-state index is 0.0370. The number of aliphatic carboxylic acids is 1. The average Bonchev–Trinajstić information content (AvgIpc) is 2.97. The van der Waals surface area contributed by atoms with E-state index in [4.69, 9.17) is 25.6 Å². The summed E-state index contributed by atoms with van der Waals surface area (Å²) >= 11 is 0. The van der Waals surface area contributed by atoms with E-state index in [0.717, 1.165) is 0 Å². The fourth-order valence-corrected chi connectivity index (χ4v) is 1.12. The molecule has 136 valence electrons. The zero-order chi connectivity index (χ0) is 18.7. The van der Waals surface area contributed by atoms with Crippen molar-refractivity contribution >= 4 is 17.9 Å². The second kappa shape index (κ2) is 10.9. The fourth-order valence-electron chi connectivity index (χ4n) is 1.12. The van der Waals surface area contributed by atoms with Gasteiger partial charge in [-0.05, 0) is 0 Å². The van der Waals surface area contributed by atoms with Gasteiger partial charge in [0.2, 0.25) is 11.8 Å². The highest BCUT2D eigenvalue weighted by Gasteiger charge is 2.19. The zero-order valence-corrected chi connectivity index (χ0v) is 12.8. The molecule has 0 aliphatic carbocycles. The number of nitrogens with one attached hydrogen (secondary N) is 2. The Labute approximate surface area is 136 Å². The summed E-state index contributed by atoms with van der Waals surface area (Å²) in [5.74, 6) is -1.57. The Morgan fingerprint density at radius 1 is 1.29 bits per heavy atom. The van der Waals surface area contributed by atoms with E-state index in [1.54, 1.807) is 0 Å². The van der Waals surface area contributed by atoms with E-state index in [0.29, 0.717) is 0 Å². The van der Waals surface area contributed by atoms with Crippen LogP contribution in [0.3, 0.4) is 0 Å². The summed E-state index contributed by atoms with van der Waals surface area (Å²) in [4.78, 5) is 34.9. The molecule has 0 saturated carbocycles. The van der Waals surface area contributed by atoms with E-state index in [9.17, 15) is 14.4 Å². The third kappa shape index (κ3) is 8.62. The van der Waals surface area contributed by atoms with Gasteiger partial charge in [0.05, 0.1) is 25.8 Å². The van der Waals surface area contributed by atoms with Crippen molar-refractivity contribution in [3.63, 3.8) is 0 Å². The number of urea groups is 1. The Morgan fingerprint density at radius 2 is 1.88 bits per heavy atom. The molecule has 2 unspecified atom stereocenters. The smallest absolute Gasteiger partial charge is 0.328 e. The number of amides is 3. The van der Waals surface area contributed by atoms with Gasteiger partial charge in [0, 0.05) is 6.92 Å². The largest absolute Gasteiger partial charge is 0.480 e. The number of nitrogens with zero attached hydrogens (tertiary/aromatic N) is 2. The molecule has 0 bridgehead atoms. The lowest BCUT2D eigenvalue weighted by Crippen LogP contribution is -2.47. The van der Waals surface area contributed by atoms with Crippen molar-refractivity contribution in [1.29, 1.82) is 0 Å². The molecule has 9 N–H and O–H groups in total. The summed E-state index contributed by atoms with van der Waals surface area (Å²) in [5.41, 5.74) is 9.93. The number of carbonyl (C=O) groups is 3. The van der Waals surface area contributed by atoms with E-state index in [2.05, 4.69) is 21.2 Å². The van der Waals surface area contributed by atoms with Crippen molar-refractivity contribution < 1.29 is 34.2 Å². The number of carboxylic acid groups (broad SMARTS) is 1. The highest BCUT2D eigenvalue weighted by Crippen LogP contribution is 2.04. The number of aliphatic hydroxyl groups excluding tert-OH is 2. The van der Waals surface area contributed by atoms with Gasteiger partial charge < -0.3 is 41.9 Å². The Bertz CT molecular complexity index is 545. The van der Waals surface area contributed by atoms with Gasteiger partial charge >= 0.3 is 12.0 Å². The molecular formula is C11H20N6O7. The van der Waals surface area contributed by atoms with Crippen LogP contribution in [0, 0.1) is 0 Å². The summed E-state index contributed by atoms with van der Waals surface area (Å²) in [6.45, 7) is 0.0528. The molecule has 1 rings (SSSR count). The van der Waals surface area contributed by atoms with Crippen LogP contribution < -0.4 is 22.1 Å². The fraction of sp³-hybridized carbons (Fsp3) is 0.545. The summed E-state index contributed by atoms with van der Waals surface area (Å²) in [6, 6.07) is -3.01. The summed E-state index contributed by atoms with van der Waals surface area (Å²) in [6.07, 6.45) is 0. The number of carboxylic acids is 1. The Morgan fingerprint density at radius 3 is 2.33 bits per heavy atom. The molecule has 0 radical (unpaired) electrons. The number of hydrogen-bond donors (Lipinski definition) is 7. The van der Waals surface area contributed by atoms with Crippen molar-refractivity contribution in [2.24, 2.45) is 11.5 Å². The van der Waals surface area contributed by atoms with Crippen molar-refractivity contribution in [2.75, 3.05) is 13.2 Å². The molecule has 0 fully saturated rings. The number of nitrogens with two attached hydrogens (primary N) is 2. The molecule has 0 spiro atoms. The van der Waals surface area contributed by atoms with E-state index < -0.39 is 30.7 Å². The standard InChI is InChI=1S/C9H15N5O6.C2H5NO/c10-4(2-15)7-13-6(20-14-7)1-11-9(19)12-5(3-16)8(17)18;1-2(3)4/h4-5,15-16H,1-3,10H2,(H,17,18)(H2,11,12,19);1H3,(H2,3,4). The topological polar surface area (TPSA) is 227 Å². The lowest BCUT2D eigenvalue weighted by Gasteiger charge is -2.11. The normalized spacial score (nSPS) is 12.3. The maximum atomic E-state index is 11.3. The molecule has 1 aromatic heterocycles. The van der Waals surface area contributed by atoms with Gasteiger partial charge in [-0.1, -0.05) is 5.16 Å². The van der Waals surface area contributed by atoms with Crippen LogP contribution in [-0.4, -0.2) is 62.6 Å².